The van der Waals surface area contributed by atoms with Crippen molar-refractivity contribution in [3.8, 4) is 5.75 Å². The van der Waals surface area contributed by atoms with E-state index in [2.05, 4.69) is 0 Å². The minimum absolute atomic E-state index is 0.00426. The van der Waals surface area contributed by atoms with Crippen LogP contribution in [0.15, 0.2) is 35.7 Å². The van der Waals surface area contributed by atoms with Crippen LogP contribution in [0.2, 0.25) is 0 Å². The summed E-state index contributed by atoms with van der Waals surface area (Å²) in [5.41, 5.74) is 0.385. The first-order valence-electron chi connectivity index (χ1n) is 5.55. The number of halogens is 1. The Kier molecular flexibility index (Phi) is 4.10. The highest BCUT2D eigenvalue weighted by Crippen LogP contribution is 2.18. The average Bonchev–Trinajstić information content (AvgIpc) is 2.84. The van der Waals surface area contributed by atoms with Gasteiger partial charge in [0.2, 0.25) is 0 Å². The second-order valence-electron chi connectivity index (χ2n) is 3.93. The van der Waals surface area contributed by atoms with Crippen LogP contribution < -0.4 is 4.74 Å². The number of carbonyl (C=O) groups is 1. The van der Waals surface area contributed by atoms with Gasteiger partial charge in [-0.3, -0.25) is 4.79 Å². The molecule has 0 aliphatic carbocycles. The van der Waals surface area contributed by atoms with Crippen molar-refractivity contribution >= 4 is 17.1 Å². The zero-order valence-corrected chi connectivity index (χ0v) is 10.8. The van der Waals surface area contributed by atoms with Crippen molar-refractivity contribution in [3.05, 3.63) is 52.0 Å². The molecule has 0 aliphatic rings. The molecule has 0 fully saturated rings. The van der Waals surface area contributed by atoms with E-state index in [1.165, 1.54) is 24.5 Å². The predicted octanol–water partition coefficient (Wildman–Crippen LogP) is 3.25. The first-order chi connectivity index (χ1) is 8.69. The summed E-state index contributed by atoms with van der Waals surface area (Å²) in [5.74, 6) is 0.204. The van der Waals surface area contributed by atoms with Gasteiger partial charge in [-0.25, -0.2) is 4.39 Å². The van der Waals surface area contributed by atoms with Crippen molar-refractivity contribution in [2.24, 2.45) is 0 Å². The molecule has 1 heterocycles. The maximum absolute atomic E-state index is 13.5. The number of ether oxygens (including phenoxy) is 1. The molecule has 0 saturated carbocycles. The Morgan fingerprint density at radius 1 is 1.33 bits per heavy atom. The van der Waals surface area contributed by atoms with Crippen molar-refractivity contribution in [1.29, 1.82) is 0 Å². The van der Waals surface area contributed by atoms with Gasteiger partial charge in [-0.2, -0.15) is 0 Å². The third-order valence-corrected chi connectivity index (χ3v) is 3.47. The van der Waals surface area contributed by atoms with Gasteiger partial charge in [-0.15, -0.1) is 11.3 Å². The van der Waals surface area contributed by atoms with E-state index >= 15 is 0 Å². The fourth-order valence-electron chi connectivity index (χ4n) is 1.70. The number of thiophene rings is 1. The highest BCUT2D eigenvalue weighted by Gasteiger charge is 2.10. The van der Waals surface area contributed by atoms with E-state index < -0.39 is 0 Å². The van der Waals surface area contributed by atoms with Gasteiger partial charge in [0.25, 0.3) is 0 Å². The van der Waals surface area contributed by atoms with Crippen LogP contribution >= 0.6 is 11.3 Å². The lowest BCUT2D eigenvalue weighted by molar-refractivity contribution is -0.117. The Morgan fingerprint density at radius 3 is 2.83 bits per heavy atom. The summed E-state index contributed by atoms with van der Waals surface area (Å²) in [6.07, 6.45) is 0.454. The van der Waals surface area contributed by atoms with Crippen LogP contribution in [-0.2, 0) is 17.6 Å². The second-order valence-corrected chi connectivity index (χ2v) is 4.96. The van der Waals surface area contributed by atoms with Gasteiger partial charge in [-0.05, 0) is 35.2 Å². The normalized spacial score (nSPS) is 10.3. The SMILES string of the molecule is COc1ccc(F)c(CC(=O)Cc2cccs2)c1. The quantitative estimate of drug-likeness (QED) is 0.828. The van der Waals surface area contributed by atoms with Gasteiger partial charge in [0, 0.05) is 17.7 Å². The standard InChI is InChI=1S/C14H13FO2S/c1-17-12-4-5-14(15)10(8-12)7-11(16)9-13-3-2-6-18-13/h2-6,8H,7,9H2,1H3. The predicted molar refractivity (Wildman–Crippen MR) is 69.7 cm³/mol. The van der Waals surface area contributed by atoms with Gasteiger partial charge in [0.1, 0.15) is 17.3 Å². The van der Waals surface area contributed by atoms with Crippen LogP contribution in [-0.4, -0.2) is 12.9 Å². The zero-order valence-electron chi connectivity index (χ0n) is 9.98. The molecule has 4 heteroatoms. The molecule has 0 radical (unpaired) electrons. The number of hydrogen-bond donors (Lipinski definition) is 0. The third kappa shape index (κ3) is 3.17. The molecule has 94 valence electrons. The Balaban J connectivity index is 2.06. The Hall–Kier alpha value is -1.68. The fraction of sp³-hybridized carbons (Fsp3) is 0.214. The molecule has 0 atom stereocenters. The molecule has 0 amide bonds. The van der Waals surface area contributed by atoms with Crippen LogP contribution in [0.5, 0.6) is 5.75 Å². The smallest absolute Gasteiger partial charge is 0.142 e. The number of benzene rings is 1. The van der Waals surface area contributed by atoms with Gasteiger partial charge >= 0.3 is 0 Å². The molecule has 18 heavy (non-hydrogen) atoms. The summed E-state index contributed by atoms with van der Waals surface area (Å²) in [6.45, 7) is 0. The number of carbonyl (C=O) groups excluding carboxylic acids is 1. The Morgan fingerprint density at radius 2 is 2.17 bits per heavy atom. The molecule has 0 bridgehead atoms. The van der Waals surface area contributed by atoms with Gasteiger partial charge in [0.05, 0.1) is 7.11 Å². The highest BCUT2D eigenvalue weighted by atomic mass is 32.1. The molecular weight excluding hydrogens is 251 g/mol. The van der Waals surface area contributed by atoms with E-state index in [0.717, 1.165) is 4.88 Å². The molecule has 0 unspecified atom stereocenters. The largest absolute Gasteiger partial charge is 0.497 e. The molecule has 2 nitrogen and oxygen atoms in total. The molecular formula is C14H13FO2S. The topological polar surface area (TPSA) is 26.3 Å². The summed E-state index contributed by atoms with van der Waals surface area (Å²) in [6, 6.07) is 8.25. The monoisotopic (exact) mass is 264 g/mol. The van der Waals surface area contributed by atoms with E-state index in [1.54, 1.807) is 12.1 Å². The van der Waals surface area contributed by atoms with Gasteiger partial charge in [-0.1, -0.05) is 6.07 Å². The summed E-state index contributed by atoms with van der Waals surface area (Å²) >= 11 is 1.53. The maximum atomic E-state index is 13.5. The molecule has 2 aromatic rings. The van der Waals surface area contributed by atoms with Crippen LogP contribution in [0.25, 0.3) is 0 Å². The first-order valence-corrected chi connectivity index (χ1v) is 6.43. The van der Waals surface area contributed by atoms with E-state index in [0.29, 0.717) is 17.7 Å². The molecule has 0 spiro atoms. The molecule has 0 aliphatic heterocycles. The van der Waals surface area contributed by atoms with Gasteiger partial charge < -0.3 is 4.74 Å². The fourth-order valence-corrected chi connectivity index (χ4v) is 2.43. The van der Waals surface area contributed by atoms with Crippen molar-refractivity contribution in [2.45, 2.75) is 12.8 Å². The molecule has 1 aromatic carbocycles. The summed E-state index contributed by atoms with van der Waals surface area (Å²) in [7, 11) is 1.52. The number of hydrogen-bond acceptors (Lipinski definition) is 3. The van der Waals surface area contributed by atoms with Crippen LogP contribution in [0.3, 0.4) is 0 Å². The molecule has 1 aromatic heterocycles. The lowest BCUT2D eigenvalue weighted by Gasteiger charge is -2.05. The van der Waals surface area contributed by atoms with Crippen molar-refractivity contribution in [3.63, 3.8) is 0 Å². The Labute approximate surface area is 109 Å². The second kappa shape index (κ2) is 5.78. The zero-order chi connectivity index (χ0) is 13.0. The van der Waals surface area contributed by atoms with E-state index in [4.69, 9.17) is 4.74 Å². The van der Waals surface area contributed by atoms with Crippen LogP contribution in [0, 0.1) is 5.82 Å². The summed E-state index contributed by atoms with van der Waals surface area (Å²) < 4.78 is 18.6. The minimum Gasteiger partial charge on any atom is -0.497 e. The number of ketones is 1. The summed E-state index contributed by atoms with van der Waals surface area (Å²) in [5, 5.41) is 1.93. The van der Waals surface area contributed by atoms with Crippen LogP contribution in [0.4, 0.5) is 4.39 Å². The number of Topliss-reactive ketones (excluding diaryl/α,β-unsaturated/α-hetero) is 1. The number of rotatable bonds is 5. The third-order valence-electron chi connectivity index (χ3n) is 2.59. The average molecular weight is 264 g/mol. The molecule has 0 N–H and O–H groups in total. The van der Waals surface area contributed by atoms with Crippen molar-refractivity contribution < 1.29 is 13.9 Å². The molecule has 0 saturated heterocycles. The van der Waals surface area contributed by atoms with Gasteiger partial charge in [0.15, 0.2) is 0 Å². The molecule has 2 rings (SSSR count). The Bertz CT molecular complexity index is 535. The van der Waals surface area contributed by atoms with E-state index in [-0.39, 0.29) is 18.0 Å². The van der Waals surface area contributed by atoms with Crippen molar-refractivity contribution in [1.82, 2.24) is 0 Å². The highest BCUT2D eigenvalue weighted by molar-refractivity contribution is 7.10. The van der Waals surface area contributed by atoms with Crippen LogP contribution in [0.1, 0.15) is 10.4 Å². The van der Waals surface area contributed by atoms with E-state index in [1.807, 2.05) is 17.5 Å². The lowest BCUT2D eigenvalue weighted by Crippen LogP contribution is -2.07. The summed E-state index contributed by atoms with van der Waals surface area (Å²) in [4.78, 5) is 12.8. The first kappa shape index (κ1) is 12.8. The minimum atomic E-state index is -0.365. The lowest BCUT2D eigenvalue weighted by atomic mass is 10.1. The van der Waals surface area contributed by atoms with E-state index in [9.17, 15) is 9.18 Å². The van der Waals surface area contributed by atoms with Crippen molar-refractivity contribution in [2.75, 3.05) is 7.11 Å². The number of methoxy groups -OCH3 is 1. The maximum Gasteiger partial charge on any atom is 0.142 e.